The molecule has 0 radical (unpaired) electrons. The lowest BCUT2D eigenvalue weighted by Crippen LogP contribution is -2.20. The monoisotopic (exact) mass is 317 g/mol. The highest BCUT2D eigenvalue weighted by atomic mass is 32.2. The maximum Gasteiger partial charge on any atom is 0.101 e. The van der Waals surface area contributed by atoms with Crippen molar-refractivity contribution >= 4 is 10.8 Å². The molecule has 0 amide bonds. The third-order valence-corrected chi connectivity index (χ3v) is 4.35. The quantitative estimate of drug-likeness (QED) is 0.397. The molecule has 0 spiro atoms. The van der Waals surface area contributed by atoms with E-state index in [0.29, 0.717) is 10.5 Å². The molecule has 1 rings (SSSR count). The van der Waals surface area contributed by atoms with E-state index in [1.807, 2.05) is 0 Å². The van der Waals surface area contributed by atoms with E-state index in [2.05, 4.69) is 10.0 Å². The van der Waals surface area contributed by atoms with Gasteiger partial charge in [-0.3, -0.25) is 13.0 Å². The third kappa shape index (κ3) is 5.08. The smallest absolute Gasteiger partial charge is 0.101 e. The van der Waals surface area contributed by atoms with Crippen molar-refractivity contribution in [3.05, 3.63) is 40.3 Å². The van der Waals surface area contributed by atoms with E-state index in [-0.39, 0.29) is 12.2 Å². The van der Waals surface area contributed by atoms with Gasteiger partial charge in [0.1, 0.15) is 6.67 Å². The van der Waals surface area contributed by atoms with Crippen LogP contribution in [0.5, 0.6) is 0 Å². The first-order chi connectivity index (χ1) is 10.2. The number of hydrogen-bond acceptors (Lipinski definition) is 3. The molecule has 0 fully saturated rings. The zero-order valence-electron chi connectivity index (χ0n) is 11.6. The molecule has 0 saturated carbocycles. The van der Waals surface area contributed by atoms with Gasteiger partial charge in [-0.25, -0.2) is 0 Å². The van der Waals surface area contributed by atoms with Crippen molar-refractivity contribution < 1.29 is 17.7 Å². The van der Waals surface area contributed by atoms with Gasteiger partial charge < -0.3 is 4.74 Å². The van der Waals surface area contributed by atoms with Crippen LogP contribution in [0.4, 0.5) is 8.78 Å². The lowest BCUT2D eigenvalue weighted by Gasteiger charge is -2.20. The number of nitrogens with zero attached hydrogens (tertiary/aromatic N) is 3. The summed E-state index contributed by atoms with van der Waals surface area (Å²) in [5.41, 5.74) is 9.05. The standard InChI is InChI=1S/C13H17F2N3O2S/c1-20-13(12(9-15)17-18-16)10-3-5-11(6-4-10)21(19)8-2-7-14/h3-6,12-13H,2,7-9H2,1H3/t12-,13-,21?/m1/s1. The summed E-state index contributed by atoms with van der Waals surface area (Å²) in [6.45, 7) is -1.34. The molecule has 8 heteroatoms. The molecule has 0 aliphatic heterocycles. The van der Waals surface area contributed by atoms with Crippen molar-refractivity contribution in [2.45, 2.75) is 23.5 Å². The summed E-state index contributed by atoms with van der Waals surface area (Å²) in [6, 6.07) is 5.59. The molecule has 116 valence electrons. The second-order valence-electron chi connectivity index (χ2n) is 4.24. The Morgan fingerprint density at radius 1 is 1.38 bits per heavy atom. The van der Waals surface area contributed by atoms with Gasteiger partial charge in [0.15, 0.2) is 0 Å². The molecular formula is C13H17F2N3O2S. The van der Waals surface area contributed by atoms with E-state index >= 15 is 0 Å². The third-order valence-electron chi connectivity index (χ3n) is 2.90. The van der Waals surface area contributed by atoms with Gasteiger partial charge in [0.2, 0.25) is 0 Å². The summed E-state index contributed by atoms with van der Waals surface area (Å²) in [5, 5.41) is 3.37. The van der Waals surface area contributed by atoms with Crippen molar-refractivity contribution in [1.29, 1.82) is 0 Å². The van der Waals surface area contributed by atoms with E-state index in [9.17, 15) is 13.0 Å². The molecule has 1 aromatic rings. The normalized spacial score (nSPS) is 15.0. The molecule has 0 N–H and O–H groups in total. The maximum atomic E-state index is 12.9. The minimum Gasteiger partial charge on any atom is -0.376 e. The molecular weight excluding hydrogens is 300 g/mol. The number of hydrogen-bond donors (Lipinski definition) is 0. The molecule has 0 heterocycles. The summed E-state index contributed by atoms with van der Waals surface area (Å²) in [6.07, 6.45) is -0.463. The minimum absolute atomic E-state index is 0.246. The Hall–Kier alpha value is -1.50. The van der Waals surface area contributed by atoms with Gasteiger partial charge in [0.25, 0.3) is 0 Å². The highest BCUT2D eigenvalue weighted by Gasteiger charge is 2.22. The SMILES string of the molecule is CO[C@H](c1ccc(S(=O)CCCF)cc1)[C@@H](CF)N=[N+]=[N-]. The van der Waals surface area contributed by atoms with Crippen LogP contribution in [0.15, 0.2) is 34.3 Å². The Kier molecular flexibility index (Phi) is 7.89. The van der Waals surface area contributed by atoms with Crippen LogP contribution in [0.25, 0.3) is 10.4 Å². The van der Waals surface area contributed by atoms with E-state index < -0.39 is 36.3 Å². The van der Waals surface area contributed by atoms with Crippen LogP contribution >= 0.6 is 0 Å². The van der Waals surface area contributed by atoms with Crippen molar-refractivity contribution in [3.63, 3.8) is 0 Å². The number of azide groups is 1. The Bertz CT molecular complexity index is 507. The molecule has 0 bridgehead atoms. The number of ether oxygens (including phenoxy) is 1. The van der Waals surface area contributed by atoms with Gasteiger partial charge in [-0.2, -0.15) is 0 Å². The molecule has 0 aromatic heterocycles. The molecule has 3 atom stereocenters. The number of alkyl halides is 2. The Balaban J connectivity index is 2.88. The average molecular weight is 317 g/mol. The van der Waals surface area contributed by atoms with E-state index in [4.69, 9.17) is 10.3 Å². The second kappa shape index (κ2) is 9.44. The van der Waals surface area contributed by atoms with Crippen LogP contribution in [0.2, 0.25) is 0 Å². The van der Waals surface area contributed by atoms with Crippen molar-refractivity contribution in [2.24, 2.45) is 5.11 Å². The van der Waals surface area contributed by atoms with Gasteiger partial charge in [0.05, 0.1) is 29.6 Å². The predicted molar refractivity (Wildman–Crippen MR) is 77.0 cm³/mol. The summed E-state index contributed by atoms with van der Waals surface area (Å²) in [7, 11) is 0.137. The van der Waals surface area contributed by atoms with Crippen molar-refractivity contribution in [1.82, 2.24) is 0 Å². The van der Waals surface area contributed by atoms with Crippen LogP contribution in [0.1, 0.15) is 18.1 Å². The molecule has 21 heavy (non-hydrogen) atoms. The van der Waals surface area contributed by atoms with Crippen LogP contribution in [0.3, 0.4) is 0 Å². The van der Waals surface area contributed by atoms with Crippen LogP contribution in [-0.4, -0.2) is 36.5 Å². The molecule has 1 unspecified atom stereocenters. The summed E-state index contributed by atoms with van der Waals surface area (Å²) in [5.74, 6) is 0.259. The van der Waals surface area contributed by atoms with Crippen LogP contribution in [-0.2, 0) is 15.5 Å². The maximum absolute atomic E-state index is 12.9. The molecule has 5 nitrogen and oxygen atoms in total. The Morgan fingerprint density at radius 2 is 2.05 bits per heavy atom. The minimum atomic E-state index is -1.26. The van der Waals surface area contributed by atoms with E-state index in [1.165, 1.54) is 7.11 Å². The fourth-order valence-electron chi connectivity index (χ4n) is 1.87. The van der Waals surface area contributed by atoms with Crippen molar-refractivity contribution in [3.8, 4) is 0 Å². The summed E-state index contributed by atoms with van der Waals surface area (Å²) < 4.78 is 42.0. The largest absolute Gasteiger partial charge is 0.376 e. The molecule has 0 aliphatic carbocycles. The van der Waals surface area contributed by atoms with Crippen LogP contribution in [0, 0.1) is 0 Å². The van der Waals surface area contributed by atoms with Crippen LogP contribution < -0.4 is 0 Å². The number of halogens is 2. The fraction of sp³-hybridized carbons (Fsp3) is 0.538. The number of methoxy groups -OCH3 is 1. The topological polar surface area (TPSA) is 75.1 Å². The zero-order chi connectivity index (χ0) is 15.7. The highest BCUT2D eigenvalue weighted by molar-refractivity contribution is 7.85. The van der Waals surface area contributed by atoms with Gasteiger partial charge in [-0.15, -0.1) is 0 Å². The lowest BCUT2D eigenvalue weighted by molar-refractivity contribution is 0.0721. The van der Waals surface area contributed by atoms with Gasteiger partial charge in [-0.1, -0.05) is 17.2 Å². The first-order valence-electron chi connectivity index (χ1n) is 6.35. The number of rotatable bonds is 9. The van der Waals surface area contributed by atoms with E-state index in [0.717, 1.165) is 0 Å². The zero-order valence-corrected chi connectivity index (χ0v) is 12.4. The van der Waals surface area contributed by atoms with Gasteiger partial charge >= 0.3 is 0 Å². The predicted octanol–water partition coefficient (Wildman–Crippen LogP) is 3.49. The summed E-state index contributed by atoms with van der Waals surface area (Å²) in [4.78, 5) is 3.17. The molecule has 0 aliphatic rings. The molecule has 0 saturated heterocycles. The Labute approximate surface area is 124 Å². The van der Waals surface area contributed by atoms with Crippen molar-refractivity contribution in [2.75, 3.05) is 26.2 Å². The fourth-order valence-corrected chi connectivity index (χ4v) is 2.91. The first-order valence-corrected chi connectivity index (χ1v) is 7.67. The lowest BCUT2D eigenvalue weighted by atomic mass is 10.0. The molecule has 1 aromatic carbocycles. The second-order valence-corrected chi connectivity index (χ2v) is 5.81. The number of benzene rings is 1. The van der Waals surface area contributed by atoms with Gasteiger partial charge in [0, 0.05) is 22.7 Å². The highest BCUT2D eigenvalue weighted by Crippen LogP contribution is 2.24. The van der Waals surface area contributed by atoms with Gasteiger partial charge in [-0.05, 0) is 29.6 Å². The Morgan fingerprint density at radius 3 is 2.52 bits per heavy atom. The first kappa shape index (κ1) is 17.6. The van der Waals surface area contributed by atoms with E-state index in [1.54, 1.807) is 24.3 Å². The average Bonchev–Trinajstić information content (AvgIpc) is 2.53. The summed E-state index contributed by atoms with van der Waals surface area (Å²) >= 11 is 0.